The summed E-state index contributed by atoms with van der Waals surface area (Å²) in [5, 5.41) is 1.35. The quantitative estimate of drug-likeness (QED) is 0.0991. The van der Waals surface area contributed by atoms with Gasteiger partial charge in [-0.2, -0.15) is 0 Å². The van der Waals surface area contributed by atoms with Crippen molar-refractivity contribution < 1.29 is 41.4 Å². The van der Waals surface area contributed by atoms with Gasteiger partial charge in [-0.25, -0.2) is 8.42 Å². The van der Waals surface area contributed by atoms with Gasteiger partial charge in [-0.05, 0) is 78.1 Å². The first-order valence-electron chi connectivity index (χ1n) is 16.5. The Morgan fingerprint density at radius 3 is 2.53 bits per heavy atom. The normalized spacial score (nSPS) is 22.9. The molecule has 1 aromatic carbocycles. The fourth-order valence-corrected chi connectivity index (χ4v) is 8.15. The molecule has 1 saturated carbocycles. The zero-order chi connectivity index (χ0) is 35.6. The Balaban J connectivity index is 1.14. The van der Waals surface area contributed by atoms with Crippen molar-refractivity contribution >= 4 is 33.4 Å². The predicted molar refractivity (Wildman–Crippen MR) is 182 cm³/mol. The van der Waals surface area contributed by atoms with Crippen molar-refractivity contribution in [2.24, 2.45) is 23.2 Å². The topological polar surface area (TPSA) is 151 Å². The number of nitrogens with zero attached hydrogens (tertiary/aromatic N) is 2. The van der Waals surface area contributed by atoms with E-state index in [1.165, 1.54) is 29.8 Å². The Morgan fingerprint density at radius 1 is 1.12 bits per heavy atom. The third kappa shape index (κ3) is 9.95. The molecule has 1 aromatic heterocycles. The molecule has 1 aliphatic carbocycles. The molecule has 2 fully saturated rings. The van der Waals surface area contributed by atoms with Crippen molar-refractivity contribution in [2.75, 3.05) is 45.3 Å². The number of halogens is 1. The molecular weight excluding hydrogens is 674 g/mol. The highest BCUT2D eigenvalue weighted by molar-refractivity contribution is 7.91. The van der Waals surface area contributed by atoms with Gasteiger partial charge in [-0.15, -0.1) is 18.2 Å². The largest absolute Gasteiger partial charge is 0.465 e. The summed E-state index contributed by atoms with van der Waals surface area (Å²) in [6, 6.07) is 7.31. The molecule has 4 atom stereocenters. The van der Waals surface area contributed by atoms with E-state index in [-0.39, 0.29) is 59.4 Å². The molecular formula is C35H47ClN3O9S+. The summed E-state index contributed by atoms with van der Waals surface area (Å²) in [6.45, 7) is 17.3. The van der Waals surface area contributed by atoms with Crippen LogP contribution >= 0.6 is 11.6 Å². The molecule has 268 valence electrons. The lowest BCUT2D eigenvalue weighted by atomic mass is 9.61. The molecule has 49 heavy (non-hydrogen) atoms. The minimum absolute atomic E-state index is 0.00282. The standard InChI is InChI=1S/C35H47ClN3O9S/c1-5-35(4)16-15-28(20-30(35)25(2)21-36)26(3)22-38-17-9-10-27(23-38)24-47-32(41)14-13-31(40)45-18-19-46-33-34(39(42)48-37-33)49(43,44)29-11-7-6-8-12-29/h5-8,11-12,27-28,30,37H,1-3,9-10,13-24H2,4H3/q+1/t27?,28-,30+,35-/m1/s1. The number of hydrogen-bond donors (Lipinski definition) is 1. The van der Waals surface area contributed by atoms with Gasteiger partial charge in [0.25, 0.3) is 9.84 Å². The van der Waals surface area contributed by atoms with Crippen LogP contribution < -0.4 is 9.34 Å². The van der Waals surface area contributed by atoms with E-state index in [1.807, 2.05) is 0 Å². The summed E-state index contributed by atoms with van der Waals surface area (Å²) in [7, 11) is -4.24. The Labute approximate surface area is 292 Å². The molecule has 2 aliphatic rings. The number of piperidine rings is 1. The first-order chi connectivity index (χ1) is 23.4. The number of rotatable bonds is 17. The fraction of sp³-hybridized carbons (Fsp3) is 0.543. The van der Waals surface area contributed by atoms with E-state index in [9.17, 15) is 22.9 Å². The molecule has 1 unspecified atom stereocenters. The number of sulfone groups is 1. The highest BCUT2D eigenvalue weighted by atomic mass is 35.5. The zero-order valence-corrected chi connectivity index (χ0v) is 29.6. The molecule has 0 amide bonds. The maximum atomic E-state index is 12.8. The number of carbonyl (C=O) groups excluding carboxylic acids is 2. The molecule has 0 bridgehead atoms. The van der Waals surface area contributed by atoms with Gasteiger partial charge < -0.3 is 14.2 Å². The summed E-state index contributed by atoms with van der Waals surface area (Å²) in [5.74, 6) is -0.263. The summed E-state index contributed by atoms with van der Waals surface area (Å²) in [6.07, 6.45) is 6.73. The Morgan fingerprint density at radius 2 is 1.84 bits per heavy atom. The molecule has 0 radical (unpaired) electrons. The molecule has 12 nitrogen and oxygen atoms in total. The molecule has 4 rings (SSSR count). The highest BCUT2D eigenvalue weighted by Crippen LogP contribution is 2.49. The Hall–Kier alpha value is -3.68. The number of hydrogen-bond acceptors (Lipinski definition) is 10. The third-order valence-corrected chi connectivity index (χ3v) is 11.7. The first-order valence-corrected chi connectivity index (χ1v) is 18.6. The number of likely N-dealkylation sites (tertiary alicyclic amines) is 1. The second kappa shape index (κ2) is 17.3. The number of benzene rings is 1. The lowest BCUT2D eigenvalue weighted by Gasteiger charge is -2.45. The van der Waals surface area contributed by atoms with Crippen LogP contribution in [-0.2, 0) is 28.9 Å². The van der Waals surface area contributed by atoms with E-state index in [0.717, 1.165) is 57.3 Å². The molecule has 1 saturated heterocycles. The average Bonchev–Trinajstić information content (AvgIpc) is 3.49. The number of H-pyrrole nitrogens is 1. The number of ether oxygens (including phenoxy) is 3. The second-order valence-corrected chi connectivity index (χ2v) is 15.2. The van der Waals surface area contributed by atoms with Gasteiger partial charge in [-0.1, -0.05) is 60.1 Å². The van der Waals surface area contributed by atoms with Gasteiger partial charge in [0.15, 0.2) is 0 Å². The van der Waals surface area contributed by atoms with Crippen molar-refractivity contribution in [1.82, 2.24) is 10.1 Å². The van der Waals surface area contributed by atoms with Crippen LogP contribution in [0.25, 0.3) is 0 Å². The summed E-state index contributed by atoms with van der Waals surface area (Å²) >= 11 is 6.18. The molecule has 2 aromatic rings. The Kier molecular flexibility index (Phi) is 13.5. The molecule has 0 spiro atoms. The molecule has 2 heterocycles. The van der Waals surface area contributed by atoms with Crippen molar-refractivity contribution in [3.05, 3.63) is 72.2 Å². The van der Waals surface area contributed by atoms with Crippen LogP contribution in [0.2, 0.25) is 0 Å². The van der Waals surface area contributed by atoms with E-state index in [1.54, 1.807) is 6.07 Å². The van der Waals surface area contributed by atoms with Crippen molar-refractivity contribution in [1.29, 1.82) is 0 Å². The van der Waals surface area contributed by atoms with Crippen molar-refractivity contribution in [3.63, 3.8) is 0 Å². The van der Waals surface area contributed by atoms with Gasteiger partial charge in [0.05, 0.1) is 24.3 Å². The maximum Gasteiger partial charge on any atom is 0.404 e. The SMILES string of the molecule is C=C[C@]1(C)CC[C@@H](C(=C)CN2CCCC(COC(=O)CCC(=O)OCCOc3[nH]o[n+](=O)c3S(=O)(=O)c3ccccc3)C2)C[C@H]1C(=C)CCl. The van der Waals surface area contributed by atoms with E-state index in [0.29, 0.717) is 11.8 Å². The monoisotopic (exact) mass is 720 g/mol. The number of carbonyl (C=O) groups is 2. The van der Waals surface area contributed by atoms with Crippen molar-refractivity contribution in [3.8, 4) is 5.88 Å². The van der Waals surface area contributed by atoms with Crippen LogP contribution in [0.15, 0.2) is 81.8 Å². The highest BCUT2D eigenvalue weighted by Gasteiger charge is 2.40. The zero-order valence-electron chi connectivity index (χ0n) is 28.1. The van der Waals surface area contributed by atoms with Gasteiger partial charge in [0, 0.05) is 24.9 Å². The number of nitrogens with one attached hydrogen (secondary N) is 1. The average molecular weight is 721 g/mol. The second-order valence-electron chi connectivity index (χ2n) is 13.1. The minimum atomic E-state index is -4.24. The number of allylic oxidation sites excluding steroid dienone is 2. The lowest BCUT2D eigenvalue weighted by molar-refractivity contribution is -0.744. The van der Waals surface area contributed by atoms with E-state index in [2.05, 4.69) is 47.4 Å². The molecule has 14 heteroatoms. The van der Waals surface area contributed by atoms with Gasteiger partial charge >= 0.3 is 22.8 Å². The van der Waals surface area contributed by atoms with Crippen LogP contribution in [0.4, 0.5) is 0 Å². The van der Waals surface area contributed by atoms with E-state index < -0.39 is 32.7 Å². The van der Waals surface area contributed by atoms with Crippen LogP contribution in [0.1, 0.15) is 51.9 Å². The fourth-order valence-electron chi connectivity index (χ4n) is 6.65. The lowest BCUT2D eigenvalue weighted by Crippen LogP contribution is -2.40. The summed E-state index contributed by atoms with van der Waals surface area (Å²) < 4.78 is 45.9. The van der Waals surface area contributed by atoms with Gasteiger partial charge in [0.2, 0.25) is 4.60 Å². The first kappa shape index (κ1) is 38.1. The van der Waals surface area contributed by atoms with E-state index in [4.69, 9.17) is 25.8 Å². The smallest absolute Gasteiger partial charge is 0.404 e. The predicted octanol–water partition coefficient (Wildman–Crippen LogP) is 5.27. The molecule has 1 aliphatic heterocycles. The van der Waals surface area contributed by atoms with Crippen LogP contribution in [0.3, 0.4) is 0 Å². The maximum absolute atomic E-state index is 12.8. The summed E-state index contributed by atoms with van der Waals surface area (Å²) in [5.41, 5.74) is 2.27. The van der Waals surface area contributed by atoms with Crippen LogP contribution in [0.5, 0.6) is 5.88 Å². The summed E-state index contributed by atoms with van der Waals surface area (Å²) in [4.78, 5) is 38.9. The van der Waals surface area contributed by atoms with Gasteiger partial charge in [0.1, 0.15) is 13.2 Å². The minimum Gasteiger partial charge on any atom is -0.465 e. The number of aromatic nitrogens is 2. The van der Waals surface area contributed by atoms with Crippen LogP contribution in [0, 0.1) is 28.1 Å². The third-order valence-electron chi connectivity index (χ3n) is 9.58. The van der Waals surface area contributed by atoms with E-state index >= 15 is 0 Å². The number of esters is 2. The number of aromatic amines is 1. The van der Waals surface area contributed by atoms with Gasteiger partial charge in [-0.3, -0.25) is 14.5 Å². The molecule has 1 N–H and O–H groups in total. The Bertz CT molecular complexity index is 1660. The van der Waals surface area contributed by atoms with Crippen LogP contribution in [-0.4, -0.2) is 75.7 Å². The number of alkyl halides is 1. The van der Waals surface area contributed by atoms with Crippen molar-refractivity contribution in [2.45, 2.75) is 61.8 Å².